The molecule has 2 rings (SSSR count). The lowest BCUT2D eigenvalue weighted by Crippen LogP contribution is -2.44. The van der Waals surface area contributed by atoms with Crippen LogP contribution in [0.4, 0.5) is 0 Å². The van der Waals surface area contributed by atoms with Crippen LogP contribution < -0.4 is 5.32 Å². The lowest BCUT2D eigenvalue weighted by atomic mass is 9.75. The second-order valence-corrected chi connectivity index (χ2v) is 7.18. The smallest absolute Gasteiger partial charge is 0.0195 e. The summed E-state index contributed by atoms with van der Waals surface area (Å²) in [7, 11) is 0. The van der Waals surface area contributed by atoms with E-state index in [-0.39, 0.29) is 0 Å². The molecular weight excluding hydrogens is 220 g/mol. The predicted molar refractivity (Wildman–Crippen MR) is 78.9 cm³/mol. The Morgan fingerprint density at radius 2 is 1.94 bits per heavy atom. The molecule has 1 aliphatic heterocycles. The largest absolute Gasteiger partial charge is 0.313 e. The van der Waals surface area contributed by atoms with Gasteiger partial charge in [0.05, 0.1) is 0 Å². The Kier molecular flexibility index (Phi) is 5.08. The normalized spacial score (nSPS) is 31.2. The molecule has 2 aliphatic rings. The molecule has 2 heteroatoms. The van der Waals surface area contributed by atoms with Gasteiger partial charge in [0.2, 0.25) is 0 Å². The van der Waals surface area contributed by atoms with E-state index in [0.717, 1.165) is 12.1 Å². The van der Waals surface area contributed by atoms with Crippen molar-refractivity contribution >= 4 is 0 Å². The Hall–Kier alpha value is -0.0800. The van der Waals surface area contributed by atoms with Crippen LogP contribution in [-0.2, 0) is 0 Å². The van der Waals surface area contributed by atoms with E-state index in [4.69, 9.17) is 0 Å². The Bertz CT molecular complexity index is 239. The summed E-state index contributed by atoms with van der Waals surface area (Å²) in [5.74, 6) is 0. The van der Waals surface area contributed by atoms with Crippen molar-refractivity contribution in [1.29, 1.82) is 0 Å². The van der Waals surface area contributed by atoms with Gasteiger partial charge in [-0.15, -0.1) is 0 Å². The summed E-state index contributed by atoms with van der Waals surface area (Å²) in [4.78, 5) is 2.80. The topological polar surface area (TPSA) is 15.3 Å². The molecule has 0 aromatic carbocycles. The van der Waals surface area contributed by atoms with Gasteiger partial charge in [-0.05, 0) is 57.0 Å². The van der Waals surface area contributed by atoms with Gasteiger partial charge in [-0.2, -0.15) is 0 Å². The molecule has 106 valence electrons. The van der Waals surface area contributed by atoms with Gasteiger partial charge in [0.15, 0.2) is 0 Å². The molecule has 0 aromatic heterocycles. The van der Waals surface area contributed by atoms with E-state index in [2.05, 4.69) is 31.0 Å². The van der Waals surface area contributed by atoms with E-state index in [1.165, 1.54) is 64.6 Å². The fraction of sp³-hybridized carbons (Fsp3) is 1.00. The molecule has 1 heterocycles. The maximum atomic E-state index is 3.73. The van der Waals surface area contributed by atoms with Crippen LogP contribution >= 0.6 is 0 Å². The Balaban J connectivity index is 1.87. The molecule has 0 amide bonds. The van der Waals surface area contributed by atoms with Crippen molar-refractivity contribution in [3.8, 4) is 0 Å². The second-order valence-electron chi connectivity index (χ2n) is 7.18. The molecule has 0 radical (unpaired) electrons. The highest BCUT2D eigenvalue weighted by Gasteiger charge is 2.31. The van der Waals surface area contributed by atoms with Crippen molar-refractivity contribution in [2.24, 2.45) is 5.41 Å². The van der Waals surface area contributed by atoms with Gasteiger partial charge in [-0.3, -0.25) is 4.90 Å². The van der Waals surface area contributed by atoms with Crippen molar-refractivity contribution in [1.82, 2.24) is 10.2 Å². The molecule has 0 aromatic rings. The van der Waals surface area contributed by atoms with Gasteiger partial charge in [-0.1, -0.05) is 27.2 Å². The SMILES string of the molecule is CCCC1CN(C2CCC(C)(C)CC2)CCCN1. The van der Waals surface area contributed by atoms with Crippen LogP contribution in [0.1, 0.15) is 65.7 Å². The molecule has 1 saturated heterocycles. The van der Waals surface area contributed by atoms with Crippen molar-refractivity contribution in [3.63, 3.8) is 0 Å². The average molecular weight is 252 g/mol. The molecule has 0 bridgehead atoms. The molecule has 0 spiro atoms. The van der Waals surface area contributed by atoms with Gasteiger partial charge < -0.3 is 5.32 Å². The van der Waals surface area contributed by atoms with E-state index in [9.17, 15) is 0 Å². The number of hydrogen-bond acceptors (Lipinski definition) is 2. The van der Waals surface area contributed by atoms with Gasteiger partial charge in [0.1, 0.15) is 0 Å². The lowest BCUT2D eigenvalue weighted by Gasteiger charge is -2.40. The third-order valence-electron chi connectivity index (χ3n) is 4.97. The second kappa shape index (κ2) is 6.38. The summed E-state index contributed by atoms with van der Waals surface area (Å²) in [6, 6.07) is 1.62. The first-order valence-electron chi connectivity index (χ1n) is 8.08. The summed E-state index contributed by atoms with van der Waals surface area (Å²) < 4.78 is 0. The van der Waals surface area contributed by atoms with Crippen LogP contribution in [0.3, 0.4) is 0 Å². The minimum Gasteiger partial charge on any atom is -0.313 e. The minimum absolute atomic E-state index is 0.601. The third kappa shape index (κ3) is 3.96. The van der Waals surface area contributed by atoms with Crippen molar-refractivity contribution in [3.05, 3.63) is 0 Å². The monoisotopic (exact) mass is 252 g/mol. The first kappa shape index (κ1) is 14.3. The maximum absolute atomic E-state index is 3.73. The zero-order chi connectivity index (χ0) is 13.0. The minimum atomic E-state index is 0.601. The molecule has 1 N–H and O–H groups in total. The van der Waals surface area contributed by atoms with Gasteiger partial charge in [0.25, 0.3) is 0 Å². The van der Waals surface area contributed by atoms with Crippen LogP contribution in [0.5, 0.6) is 0 Å². The van der Waals surface area contributed by atoms with Crippen LogP contribution in [0.15, 0.2) is 0 Å². The average Bonchev–Trinajstić information content (AvgIpc) is 2.55. The molecular formula is C16H32N2. The Morgan fingerprint density at radius 1 is 1.22 bits per heavy atom. The predicted octanol–water partition coefficient (Wildman–Crippen LogP) is 3.42. The van der Waals surface area contributed by atoms with Gasteiger partial charge >= 0.3 is 0 Å². The van der Waals surface area contributed by atoms with Crippen LogP contribution in [-0.4, -0.2) is 36.6 Å². The highest BCUT2D eigenvalue weighted by Crippen LogP contribution is 2.37. The molecule has 18 heavy (non-hydrogen) atoms. The quantitative estimate of drug-likeness (QED) is 0.828. The first-order chi connectivity index (χ1) is 8.61. The third-order valence-corrected chi connectivity index (χ3v) is 4.97. The summed E-state index contributed by atoms with van der Waals surface area (Å²) in [5.41, 5.74) is 0.601. The molecule has 2 fully saturated rings. The number of hydrogen-bond donors (Lipinski definition) is 1. The zero-order valence-corrected chi connectivity index (χ0v) is 12.7. The maximum Gasteiger partial charge on any atom is 0.0195 e. The van der Waals surface area contributed by atoms with Gasteiger partial charge in [0, 0.05) is 18.6 Å². The van der Waals surface area contributed by atoms with Crippen molar-refractivity contribution < 1.29 is 0 Å². The summed E-state index contributed by atoms with van der Waals surface area (Å²) in [6.45, 7) is 11.0. The Morgan fingerprint density at radius 3 is 2.61 bits per heavy atom. The summed E-state index contributed by atoms with van der Waals surface area (Å²) in [6.07, 6.45) is 9.66. The first-order valence-corrected chi connectivity index (χ1v) is 8.08. The van der Waals surface area contributed by atoms with E-state index < -0.39 is 0 Å². The lowest BCUT2D eigenvalue weighted by molar-refractivity contribution is 0.104. The van der Waals surface area contributed by atoms with Crippen molar-refractivity contribution in [2.45, 2.75) is 77.8 Å². The molecule has 1 saturated carbocycles. The van der Waals surface area contributed by atoms with E-state index in [1.807, 2.05) is 0 Å². The summed E-state index contributed by atoms with van der Waals surface area (Å²) in [5, 5.41) is 3.73. The fourth-order valence-corrected chi connectivity index (χ4v) is 3.65. The molecule has 1 aliphatic carbocycles. The number of rotatable bonds is 3. The van der Waals surface area contributed by atoms with E-state index in [0.29, 0.717) is 5.41 Å². The Labute approximate surface area is 114 Å². The van der Waals surface area contributed by atoms with E-state index in [1.54, 1.807) is 0 Å². The standard InChI is InChI=1S/C16H32N2/c1-4-6-14-13-18(12-5-11-17-14)15-7-9-16(2,3)10-8-15/h14-15,17H,4-13H2,1-3H3. The van der Waals surface area contributed by atoms with Gasteiger partial charge in [-0.25, -0.2) is 0 Å². The van der Waals surface area contributed by atoms with Crippen molar-refractivity contribution in [2.75, 3.05) is 19.6 Å². The highest BCUT2D eigenvalue weighted by atomic mass is 15.2. The number of nitrogens with zero attached hydrogens (tertiary/aromatic N) is 1. The highest BCUT2D eigenvalue weighted by molar-refractivity contribution is 4.87. The molecule has 1 unspecified atom stereocenters. The summed E-state index contributed by atoms with van der Waals surface area (Å²) >= 11 is 0. The molecule has 1 atom stereocenters. The van der Waals surface area contributed by atoms with Crippen LogP contribution in [0, 0.1) is 5.41 Å². The van der Waals surface area contributed by atoms with Crippen LogP contribution in [0.25, 0.3) is 0 Å². The molecule has 2 nitrogen and oxygen atoms in total. The zero-order valence-electron chi connectivity index (χ0n) is 12.7. The fourth-order valence-electron chi connectivity index (χ4n) is 3.65. The van der Waals surface area contributed by atoms with E-state index >= 15 is 0 Å². The number of nitrogens with one attached hydrogen (secondary N) is 1. The van der Waals surface area contributed by atoms with Crippen LogP contribution in [0.2, 0.25) is 0 Å².